The summed E-state index contributed by atoms with van der Waals surface area (Å²) in [4.78, 5) is 0. The molecule has 0 bridgehead atoms. The second kappa shape index (κ2) is 9.75. The van der Waals surface area contributed by atoms with Crippen molar-refractivity contribution < 1.29 is 9.47 Å². The van der Waals surface area contributed by atoms with Gasteiger partial charge in [-0.05, 0) is 62.5 Å². The Labute approximate surface area is 132 Å². The Bertz CT molecular complexity index is 363. The van der Waals surface area contributed by atoms with Crippen LogP contribution in [-0.4, -0.2) is 26.9 Å². The van der Waals surface area contributed by atoms with Gasteiger partial charge in [-0.1, -0.05) is 6.92 Å². The largest absolute Gasteiger partial charge is 0.491 e. The molecular formula is C14H21Br2NO2. The fourth-order valence-corrected chi connectivity index (χ4v) is 3.15. The van der Waals surface area contributed by atoms with Gasteiger partial charge in [-0.15, -0.1) is 0 Å². The molecule has 0 heterocycles. The number of hydrogen-bond acceptors (Lipinski definition) is 3. The molecule has 0 aliphatic heterocycles. The zero-order chi connectivity index (χ0) is 14.1. The Morgan fingerprint density at radius 3 is 2.42 bits per heavy atom. The van der Waals surface area contributed by atoms with E-state index in [4.69, 9.17) is 9.47 Å². The Hall–Kier alpha value is -0.100. The molecule has 0 fully saturated rings. The Kier molecular flexibility index (Phi) is 8.70. The molecule has 0 saturated heterocycles. The number of nitrogens with one attached hydrogen (secondary N) is 1. The van der Waals surface area contributed by atoms with Gasteiger partial charge in [-0.25, -0.2) is 0 Å². The zero-order valence-electron chi connectivity index (χ0n) is 11.5. The monoisotopic (exact) mass is 393 g/mol. The van der Waals surface area contributed by atoms with Crippen LogP contribution >= 0.6 is 31.9 Å². The minimum absolute atomic E-state index is 0.651. The summed E-state index contributed by atoms with van der Waals surface area (Å²) in [5, 5.41) is 3.39. The van der Waals surface area contributed by atoms with Crippen LogP contribution in [0.3, 0.4) is 0 Å². The maximum Gasteiger partial charge on any atom is 0.147 e. The van der Waals surface area contributed by atoms with E-state index in [1.807, 2.05) is 0 Å². The first-order chi connectivity index (χ1) is 9.19. The Morgan fingerprint density at radius 1 is 1.16 bits per heavy atom. The number of methoxy groups -OCH3 is 1. The van der Waals surface area contributed by atoms with E-state index in [0.717, 1.165) is 40.6 Å². The van der Waals surface area contributed by atoms with Crippen LogP contribution in [-0.2, 0) is 11.3 Å². The van der Waals surface area contributed by atoms with Crippen LogP contribution in [0, 0.1) is 0 Å². The average molecular weight is 395 g/mol. The summed E-state index contributed by atoms with van der Waals surface area (Å²) in [6.45, 7) is 5.43. The van der Waals surface area contributed by atoms with Gasteiger partial charge in [0, 0.05) is 26.7 Å². The minimum atomic E-state index is 0.651. The molecule has 0 aliphatic carbocycles. The highest BCUT2D eigenvalue weighted by Crippen LogP contribution is 2.34. The van der Waals surface area contributed by atoms with E-state index in [1.54, 1.807) is 7.11 Å². The first-order valence-electron chi connectivity index (χ1n) is 6.49. The van der Waals surface area contributed by atoms with Crippen LogP contribution in [0.5, 0.6) is 5.75 Å². The highest BCUT2D eigenvalue weighted by atomic mass is 79.9. The fourth-order valence-electron chi connectivity index (χ4n) is 1.64. The molecule has 0 aliphatic rings. The normalized spacial score (nSPS) is 10.7. The number of rotatable bonds is 9. The molecule has 0 aromatic heterocycles. The lowest BCUT2D eigenvalue weighted by Gasteiger charge is -2.12. The molecule has 0 saturated carbocycles. The standard InChI is InChI=1S/C14H21Br2NO2/c1-3-5-17-10-11-8-12(15)14(13(16)9-11)19-7-4-6-18-2/h8-9,17H,3-7,10H2,1-2H3. The first kappa shape index (κ1) is 17.0. The van der Waals surface area contributed by atoms with Crippen molar-refractivity contribution in [2.45, 2.75) is 26.3 Å². The number of hydrogen-bond donors (Lipinski definition) is 1. The molecule has 3 nitrogen and oxygen atoms in total. The second-order valence-electron chi connectivity index (χ2n) is 4.26. The smallest absolute Gasteiger partial charge is 0.147 e. The third-order valence-electron chi connectivity index (χ3n) is 2.55. The third kappa shape index (κ3) is 6.25. The number of ether oxygens (including phenoxy) is 2. The molecule has 0 radical (unpaired) electrons. The summed E-state index contributed by atoms with van der Waals surface area (Å²) in [7, 11) is 1.70. The van der Waals surface area contributed by atoms with E-state index in [2.05, 4.69) is 56.2 Å². The van der Waals surface area contributed by atoms with Gasteiger partial charge in [0.1, 0.15) is 5.75 Å². The Balaban J connectivity index is 2.58. The first-order valence-corrected chi connectivity index (χ1v) is 8.08. The van der Waals surface area contributed by atoms with Gasteiger partial charge < -0.3 is 14.8 Å². The quantitative estimate of drug-likeness (QED) is 0.639. The van der Waals surface area contributed by atoms with Gasteiger partial charge in [0.2, 0.25) is 0 Å². The molecule has 0 spiro atoms. The third-order valence-corrected chi connectivity index (χ3v) is 3.73. The van der Waals surface area contributed by atoms with E-state index in [1.165, 1.54) is 5.56 Å². The van der Waals surface area contributed by atoms with E-state index in [0.29, 0.717) is 13.2 Å². The minimum Gasteiger partial charge on any atom is -0.491 e. The van der Waals surface area contributed by atoms with Gasteiger partial charge in [-0.3, -0.25) is 0 Å². The van der Waals surface area contributed by atoms with Crippen LogP contribution in [0.25, 0.3) is 0 Å². The molecule has 5 heteroatoms. The van der Waals surface area contributed by atoms with Gasteiger partial charge in [0.05, 0.1) is 15.6 Å². The molecule has 0 amide bonds. The molecule has 1 rings (SSSR count). The van der Waals surface area contributed by atoms with Crippen molar-refractivity contribution >= 4 is 31.9 Å². The van der Waals surface area contributed by atoms with E-state index in [-0.39, 0.29) is 0 Å². The second-order valence-corrected chi connectivity index (χ2v) is 5.97. The summed E-state index contributed by atoms with van der Waals surface area (Å²) in [5.41, 5.74) is 1.23. The van der Waals surface area contributed by atoms with Crippen LogP contribution < -0.4 is 10.1 Å². The predicted molar refractivity (Wildman–Crippen MR) is 85.8 cm³/mol. The van der Waals surface area contributed by atoms with Gasteiger partial charge in [0.15, 0.2) is 0 Å². The van der Waals surface area contributed by atoms with Crippen molar-refractivity contribution in [3.63, 3.8) is 0 Å². The summed E-state index contributed by atoms with van der Waals surface area (Å²) in [6.07, 6.45) is 2.03. The van der Waals surface area contributed by atoms with Crippen LogP contribution in [0.4, 0.5) is 0 Å². The molecule has 0 unspecified atom stereocenters. The molecule has 108 valence electrons. The molecule has 1 N–H and O–H groups in total. The highest BCUT2D eigenvalue weighted by molar-refractivity contribution is 9.11. The van der Waals surface area contributed by atoms with Crippen molar-refractivity contribution in [1.29, 1.82) is 0 Å². The molecule has 19 heavy (non-hydrogen) atoms. The molecule has 1 aromatic carbocycles. The van der Waals surface area contributed by atoms with Crippen molar-refractivity contribution in [1.82, 2.24) is 5.32 Å². The highest BCUT2D eigenvalue weighted by Gasteiger charge is 2.08. The topological polar surface area (TPSA) is 30.5 Å². The van der Waals surface area contributed by atoms with Gasteiger partial charge in [-0.2, -0.15) is 0 Å². The zero-order valence-corrected chi connectivity index (χ0v) is 14.6. The molecule has 1 aromatic rings. The van der Waals surface area contributed by atoms with Gasteiger partial charge in [0.25, 0.3) is 0 Å². The summed E-state index contributed by atoms with van der Waals surface area (Å²) in [5.74, 6) is 0.857. The fraction of sp³-hybridized carbons (Fsp3) is 0.571. The van der Waals surface area contributed by atoms with Crippen molar-refractivity contribution in [2.75, 3.05) is 26.9 Å². The predicted octanol–water partition coefficient (Wildman–Crippen LogP) is 4.13. The lowest BCUT2D eigenvalue weighted by molar-refractivity contribution is 0.171. The number of benzene rings is 1. The van der Waals surface area contributed by atoms with Gasteiger partial charge >= 0.3 is 0 Å². The van der Waals surface area contributed by atoms with Crippen molar-refractivity contribution in [3.05, 3.63) is 26.6 Å². The van der Waals surface area contributed by atoms with Crippen LogP contribution in [0.1, 0.15) is 25.3 Å². The molecular weight excluding hydrogens is 374 g/mol. The van der Waals surface area contributed by atoms with Crippen molar-refractivity contribution in [2.24, 2.45) is 0 Å². The summed E-state index contributed by atoms with van der Waals surface area (Å²) in [6, 6.07) is 4.19. The van der Waals surface area contributed by atoms with E-state index >= 15 is 0 Å². The van der Waals surface area contributed by atoms with E-state index in [9.17, 15) is 0 Å². The molecule has 0 atom stereocenters. The summed E-state index contributed by atoms with van der Waals surface area (Å²) < 4.78 is 12.7. The average Bonchev–Trinajstić information content (AvgIpc) is 2.37. The maximum atomic E-state index is 5.76. The SMILES string of the molecule is CCCNCc1cc(Br)c(OCCCOC)c(Br)c1. The Morgan fingerprint density at radius 2 is 1.84 bits per heavy atom. The summed E-state index contributed by atoms with van der Waals surface area (Å²) >= 11 is 7.12. The number of halogens is 2. The lowest BCUT2D eigenvalue weighted by atomic mass is 10.2. The van der Waals surface area contributed by atoms with Crippen LogP contribution in [0.15, 0.2) is 21.1 Å². The maximum absolute atomic E-state index is 5.76. The van der Waals surface area contributed by atoms with Crippen molar-refractivity contribution in [3.8, 4) is 5.75 Å². The van der Waals surface area contributed by atoms with E-state index < -0.39 is 0 Å². The van der Waals surface area contributed by atoms with Crippen LogP contribution in [0.2, 0.25) is 0 Å². The lowest BCUT2D eigenvalue weighted by Crippen LogP contribution is -2.13.